The summed E-state index contributed by atoms with van der Waals surface area (Å²) >= 11 is 2.34. The molecule has 174 valence electrons. The third kappa shape index (κ3) is 4.29. The van der Waals surface area contributed by atoms with E-state index in [1.807, 2.05) is 17.5 Å². The van der Waals surface area contributed by atoms with Gasteiger partial charge in [0, 0.05) is 23.5 Å². The summed E-state index contributed by atoms with van der Waals surface area (Å²) in [7, 11) is 0. The highest BCUT2D eigenvalue weighted by Crippen LogP contribution is 2.33. The number of thiophene rings is 1. The van der Waals surface area contributed by atoms with Crippen molar-refractivity contribution < 1.29 is 24.0 Å². The van der Waals surface area contributed by atoms with Gasteiger partial charge in [0.2, 0.25) is 0 Å². The summed E-state index contributed by atoms with van der Waals surface area (Å²) in [6.45, 7) is 0.0800. The number of hydrogen-bond acceptors (Lipinski definition) is 7. The number of nitrogens with one attached hydrogen (secondary N) is 1. The predicted molar refractivity (Wildman–Crippen MR) is 133 cm³/mol. The van der Waals surface area contributed by atoms with Gasteiger partial charge in [-0.15, -0.1) is 11.3 Å². The summed E-state index contributed by atoms with van der Waals surface area (Å²) in [6, 6.07) is 16.5. The molecule has 1 N–H and O–H groups in total. The molecule has 2 aliphatic heterocycles. The zero-order valence-electron chi connectivity index (χ0n) is 18.1. The lowest BCUT2D eigenvalue weighted by atomic mass is 10.1. The first-order valence-electron chi connectivity index (χ1n) is 10.6. The lowest BCUT2D eigenvalue weighted by Gasteiger charge is -2.16. The fourth-order valence-electron chi connectivity index (χ4n) is 3.79. The van der Waals surface area contributed by atoms with Crippen molar-refractivity contribution in [2.45, 2.75) is 0 Å². The second kappa shape index (κ2) is 9.32. The third-order valence-electron chi connectivity index (χ3n) is 5.47. The van der Waals surface area contributed by atoms with Gasteiger partial charge in [0.05, 0.1) is 21.7 Å². The fraction of sp³-hybridized carbons (Fsp3) is 0.0800. The Morgan fingerprint density at radius 1 is 0.886 bits per heavy atom. The number of carbonyl (C=O) groups excluding carboxylic acids is 5. The maximum absolute atomic E-state index is 12.7. The molecule has 0 bridgehead atoms. The van der Waals surface area contributed by atoms with Crippen LogP contribution in [0.25, 0.3) is 6.08 Å². The summed E-state index contributed by atoms with van der Waals surface area (Å²) in [5.74, 6) is -1.74. The molecule has 2 aliphatic rings. The van der Waals surface area contributed by atoms with Crippen LogP contribution in [0.5, 0.6) is 0 Å². The molecular weight excluding hydrogens is 486 g/mol. The van der Waals surface area contributed by atoms with Crippen molar-refractivity contribution in [1.82, 2.24) is 10.2 Å². The number of hydrogen-bond donors (Lipinski definition) is 1. The minimum atomic E-state index is -0.454. The van der Waals surface area contributed by atoms with Gasteiger partial charge in [-0.05, 0) is 59.6 Å². The zero-order valence-corrected chi connectivity index (χ0v) is 19.7. The SMILES string of the molecule is O=C(NCCN1C(=O)SC(=Cc2cccs2)C1=O)c1cccc(N2C(=O)c3ccccc3C2=O)c1. The number of anilines is 1. The summed E-state index contributed by atoms with van der Waals surface area (Å²) < 4.78 is 0. The Morgan fingerprint density at radius 3 is 2.31 bits per heavy atom. The van der Waals surface area contributed by atoms with E-state index in [2.05, 4.69) is 5.32 Å². The molecule has 1 aromatic heterocycles. The molecule has 8 nitrogen and oxygen atoms in total. The van der Waals surface area contributed by atoms with Crippen LogP contribution in [-0.4, -0.2) is 46.9 Å². The van der Waals surface area contributed by atoms with E-state index in [1.165, 1.54) is 17.4 Å². The quantitative estimate of drug-likeness (QED) is 0.403. The number of thioether (sulfide) groups is 1. The van der Waals surface area contributed by atoms with E-state index < -0.39 is 23.6 Å². The Kier molecular flexibility index (Phi) is 6.06. The van der Waals surface area contributed by atoms with Gasteiger partial charge < -0.3 is 5.32 Å². The molecule has 0 unspecified atom stereocenters. The van der Waals surface area contributed by atoms with Gasteiger partial charge in [0.25, 0.3) is 28.9 Å². The largest absolute Gasteiger partial charge is 0.350 e. The number of rotatable bonds is 6. The van der Waals surface area contributed by atoms with E-state index in [4.69, 9.17) is 0 Å². The molecule has 5 amide bonds. The molecule has 0 spiro atoms. The van der Waals surface area contributed by atoms with Crippen molar-refractivity contribution >= 4 is 63.7 Å². The van der Waals surface area contributed by atoms with Gasteiger partial charge in [-0.1, -0.05) is 24.3 Å². The molecule has 1 fully saturated rings. The summed E-state index contributed by atoms with van der Waals surface area (Å²) in [5, 5.41) is 4.18. The zero-order chi connectivity index (χ0) is 24.5. The molecule has 0 atom stereocenters. The van der Waals surface area contributed by atoms with Crippen LogP contribution in [0.1, 0.15) is 36.0 Å². The molecule has 35 heavy (non-hydrogen) atoms. The lowest BCUT2D eigenvalue weighted by Crippen LogP contribution is -2.37. The molecule has 10 heteroatoms. The molecule has 1 saturated heterocycles. The number of imide groups is 2. The minimum absolute atomic E-state index is 0.0241. The topological polar surface area (TPSA) is 104 Å². The summed E-state index contributed by atoms with van der Waals surface area (Å²) in [5.41, 5.74) is 1.16. The number of fused-ring (bicyclic) bond motifs is 1. The summed E-state index contributed by atoms with van der Waals surface area (Å²) in [4.78, 5) is 66.4. The van der Waals surface area contributed by atoms with Crippen LogP contribution in [-0.2, 0) is 4.79 Å². The van der Waals surface area contributed by atoms with Gasteiger partial charge >= 0.3 is 0 Å². The number of benzene rings is 2. The van der Waals surface area contributed by atoms with Gasteiger partial charge in [0.15, 0.2) is 0 Å². The Balaban J connectivity index is 1.23. The van der Waals surface area contributed by atoms with Gasteiger partial charge in [-0.3, -0.25) is 28.9 Å². The third-order valence-corrected chi connectivity index (χ3v) is 7.20. The monoisotopic (exact) mass is 503 g/mol. The van der Waals surface area contributed by atoms with Crippen LogP contribution >= 0.6 is 23.1 Å². The van der Waals surface area contributed by atoms with Gasteiger partial charge in [-0.2, -0.15) is 0 Å². The predicted octanol–water partition coefficient (Wildman–Crippen LogP) is 4.02. The molecular formula is C25H17N3O5S2. The van der Waals surface area contributed by atoms with Crippen LogP contribution in [0.3, 0.4) is 0 Å². The first-order chi connectivity index (χ1) is 16.9. The van der Waals surface area contributed by atoms with E-state index in [9.17, 15) is 24.0 Å². The number of amides is 5. The normalized spacial score (nSPS) is 16.4. The van der Waals surface area contributed by atoms with Crippen LogP contribution in [0.4, 0.5) is 10.5 Å². The maximum atomic E-state index is 12.7. The average Bonchev–Trinajstić information content (AvgIpc) is 3.54. The van der Waals surface area contributed by atoms with E-state index in [1.54, 1.807) is 48.5 Å². The molecule has 2 aromatic carbocycles. The number of carbonyl (C=O) groups is 5. The Hall–Kier alpha value is -4.02. The Morgan fingerprint density at radius 2 is 1.63 bits per heavy atom. The second-order valence-corrected chi connectivity index (χ2v) is 9.62. The van der Waals surface area contributed by atoms with Crippen molar-refractivity contribution in [2.24, 2.45) is 0 Å². The highest BCUT2D eigenvalue weighted by Gasteiger charge is 2.37. The Labute approximate surface area is 208 Å². The smallest absolute Gasteiger partial charge is 0.293 e. The molecule has 0 aliphatic carbocycles. The van der Waals surface area contributed by atoms with Crippen molar-refractivity contribution in [3.63, 3.8) is 0 Å². The van der Waals surface area contributed by atoms with Crippen LogP contribution in [0, 0.1) is 0 Å². The van der Waals surface area contributed by atoms with Crippen molar-refractivity contribution in [2.75, 3.05) is 18.0 Å². The summed E-state index contributed by atoms with van der Waals surface area (Å²) in [6.07, 6.45) is 1.68. The van der Waals surface area contributed by atoms with Crippen molar-refractivity contribution in [3.05, 3.63) is 92.5 Å². The molecule has 3 aromatic rings. The van der Waals surface area contributed by atoms with Crippen LogP contribution in [0.2, 0.25) is 0 Å². The first-order valence-corrected chi connectivity index (χ1v) is 12.3. The average molecular weight is 504 g/mol. The maximum Gasteiger partial charge on any atom is 0.293 e. The van der Waals surface area contributed by atoms with Crippen LogP contribution in [0.15, 0.2) is 70.9 Å². The van der Waals surface area contributed by atoms with E-state index >= 15 is 0 Å². The lowest BCUT2D eigenvalue weighted by molar-refractivity contribution is -0.122. The number of nitrogens with zero attached hydrogens (tertiary/aromatic N) is 2. The van der Waals surface area contributed by atoms with Gasteiger partial charge in [0.1, 0.15) is 0 Å². The standard InChI is InChI=1S/C25H17N3O5S2/c29-21(26-10-11-27-24(32)20(35-25(27)33)14-17-7-4-12-34-17)15-5-3-6-16(13-15)28-22(30)18-8-1-2-9-19(18)23(28)31/h1-9,12-14H,10-11H2,(H,26,29). The van der Waals surface area contributed by atoms with Gasteiger partial charge in [-0.25, -0.2) is 4.90 Å². The highest BCUT2D eigenvalue weighted by atomic mass is 32.2. The Bertz CT molecular complexity index is 1380. The molecule has 0 radical (unpaired) electrons. The minimum Gasteiger partial charge on any atom is -0.350 e. The van der Waals surface area contributed by atoms with E-state index in [0.717, 1.165) is 26.4 Å². The second-order valence-electron chi connectivity index (χ2n) is 7.65. The highest BCUT2D eigenvalue weighted by molar-refractivity contribution is 8.18. The van der Waals surface area contributed by atoms with Crippen molar-refractivity contribution in [1.29, 1.82) is 0 Å². The fourth-order valence-corrected chi connectivity index (χ4v) is 5.38. The molecule has 0 saturated carbocycles. The molecule has 3 heterocycles. The van der Waals surface area contributed by atoms with Crippen molar-refractivity contribution in [3.8, 4) is 0 Å². The van der Waals surface area contributed by atoms with E-state index in [-0.39, 0.29) is 29.6 Å². The molecule has 5 rings (SSSR count). The van der Waals surface area contributed by atoms with Crippen LogP contribution < -0.4 is 10.2 Å². The first kappa shape index (κ1) is 22.8. The van der Waals surface area contributed by atoms with E-state index in [0.29, 0.717) is 16.0 Å².